The number of benzene rings is 1. The molecule has 0 saturated carbocycles. The van der Waals surface area contributed by atoms with Gasteiger partial charge in [-0.15, -0.1) is 0 Å². The molecule has 0 unspecified atom stereocenters. The number of hydrogen-bond donors (Lipinski definition) is 2. The van der Waals surface area contributed by atoms with Gasteiger partial charge in [-0.25, -0.2) is 4.79 Å². The van der Waals surface area contributed by atoms with Gasteiger partial charge in [0.15, 0.2) is 0 Å². The van der Waals surface area contributed by atoms with Crippen molar-refractivity contribution in [2.75, 3.05) is 13.1 Å². The van der Waals surface area contributed by atoms with Crippen LogP contribution >= 0.6 is 15.9 Å². The molecule has 1 aromatic carbocycles. The Labute approximate surface area is 137 Å². The molecule has 22 heavy (non-hydrogen) atoms. The van der Waals surface area contributed by atoms with Crippen molar-refractivity contribution in [2.45, 2.75) is 32.0 Å². The normalized spacial score (nSPS) is 17.4. The third-order valence-corrected chi connectivity index (χ3v) is 4.19. The lowest BCUT2D eigenvalue weighted by molar-refractivity contribution is -0.102. The van der Waals surface area contributed by atoms with Gasteiger partial charge >= 0.3 is 6.09 Å². The second kappa shape index (κ2) is 4.99. The molecule has 0 radical (unpaired) electrons. The molecule has 0 aliphatic carbocycles. The van der Waals surface area contributed by atoms with Crippen molar-refractivity contribution in [1.82, 2.24) is 9.88 Å². The quantitative estimate of drug-likeness (QED) is 0.812. The van der Waals surface area contributed by atoms with Crippen LogP contribution in [0.2, 0.25) is 0 Å². The molecule has 2 heterocycles. The van der Waals surface area contributed by atoms with E-state index in [0.29, 0.717) is 0 Å². The molecule has 2 N–H and O–H groups in total. The number of H-pyrrole nitrogens is 1. The van der Waals surface area contributed by atoms with Crippen LogP contribution in [0.15, 0.2) is 28.9 Å². The SMILES string of the molecule is CC(C)(C)OC(=O)N1CC(O)(c2c[nH]c3cc(Br)ccc23)C1. The first-order valence-electron chi connectivity index (χ1n) is 7.15. The molecule has 1 fully saturated rings. The van der Waals surface area contributed by atoms with E-state index in [9.17, 15) is 9.90 Å². The molecule has 5 nitrogen and oxygen atoms in total. The van der Waals surface area contributed by atoms with Crippen LogP contribution in [0.25, 0.3) is 10.9 Å². The number of ether oxygens (including phenoxy) is 1. The van der Waals surface area contributed by atoms with Crippen LogP contribution in [0.3, 0.4) is 0 Å². The number of carbonyl (C=O) groups excluding carboxylic acids is 1. The number of aliphatic hydroxyl groups is 1. The molecule has 118 valence electrons. The summed E-state index contributed by atoms with van der Waals surface area (Å²) in [4.78, 5) is 16.7. The van der Waals surface area contributed by atoms with E-state index >= 15 is 0 Å². The van der Waals surface area contributed by atoms with E-state index in [2.05, 4.69) is 20.9 Å². The summed E-state index contributed by atoms with van der Waals surface area (Å²) < 4.78 is 6.29. The average molecular weight is 367 g/mol. The molecule has 1 aliphatic rings. The van der Waals surface area contributed by atoms with E-state index < -0.39 is 11.2 Å². The van der Waals surface area contributed by atoms with Crippen LogP contribution in [0, 0.1) is 0 Å². The maximum absolute atomic E-state index is 12.0. The standard InChI is InChI=1S/C16H19BrN2O3/c1-15(2,3)22-14(20)19-8-16(21,9-19)12-7-18-13-6-10(17)4-5-11(12)13/h4-7,18,21H,8-9H2,1-3H3. The number of nitrogens with one attached hydrogen (secondary N) is 1. The van der Waals surface area contributed by atoms with E-state index in [-0.39, 0.29) is 19.2 Å². The predicted octanol–water partition coefficient (Wildman–Crippen LogP) is 3.37. The average Bonchev–Trinajstić information content (AvgIpc) is 2.75. The number of aromatic nitrogens is 1. The lowest BCUT2D eigenvalue weighted by Crippen LogP contribution is -2.61. The van der Waals surface area contributed by atoms with E-state index in [1.54, 1.807) is 0 Å². The minimum atomic E-state index is -1.02. The van der Waals surface area contributed by atoms with Crippen LogP contribution < -0.4 is 0 Å². The number of nitrogens with zero attached hydrogens (tertiary/aromatic N) is 1. The number of fused-ring (bicyclic) bond motifs is 1. The van der Waals surface area contributed by atoms with Crippen molar-refractivity contribution >= 4 is 32.9 Å². The van der Waals surface area contributed by atoms with Crippen molar-refractivity contribution in [2.24, 2.45) is 0 Å². The number of halogens is 1. The largest absolute Gasteiger partial charge is 0.444 e. The molecule has 1 saturated heterocycles. The van der Waals surface area contributed by atoms with E-state index in [0.717, 1.165) is 20.9 Å². The third-order valence-electron chi connectivity index (χ3n) is 3.70. The lowest BCUT2D eigenvalue weighted by atomic mass is 9.86. The number of likely N-dealkylation sites (tertiary alicyclic amines) is 1. The maximum Gasteiger partial charge on any atom is 0.410 e. The van der Waals surface area contributed by atoms with Gasteiger partial charge in [-0.2, -0.15) is 0 Å². The molecular weight excluding hydrogens is 348 g/mol. The highest BCUT2D eigenvalue weighted by molar-refractivity contribution is 9.10. The molecule has 3 rings (SSSR count). The number of β-amino-alcohol motifs (C(OH)–C–C–N with tert-alkyl or cyclic N) is 1. The molecule has 0 bridgehead atoms. The Kier molecular flexibility index (Phi) is 3.49. The summed E-state index contributed by atoms with van der Waals surface area (Å²) in [6, 6.07) is 5.86. The minimum absolute atomic E-state index is 0.241. The number of amides is 1. The monoisotopic (exact) mass is 366 g/mol. The fraction of sp³-hybridized carbons (Fsp3) is 0.438. The highest BCUT2D eigenvalue weighted by atomic mass is 79.9. The van der Waals surface area contributed by atoms with Crippen molar-refractivity contribution in [3.8, 4) is 0 Å². The van der Waals surface area contributed by atoms with Crippen molar-refractivity contribution in [3.05, 3.63) is 34.4 Å². The maximum atomic E-state index is 12.0. The molecule has 1 amide bonds. The Morgan fingerprint density at radius 2 is 2.09 bits per heavy atom. The van der Waals surface area contributed by atoms with Crippen LogP contribution in [0.1, 0.15) is 26.3 Å². The van der Waals surface area contributed by atoms with E-state index in [4.69, 9.17) is 4.74 Å². The Morgan fingerprint density at radius 1 is 1.41 bits per heavy atom. The molecule has 1 aromatic heterocycles. The fourth-order valence-electron chi connectivity index (χ4n) is 2.69. The first kappa shape index (κ1) is 15.4. The van der Waals surface area contributed by atoms with Gasteiger partial charge in [0.05, 0.1) is 13.1 Å². The van der Waals surface area contributed by atoms with Gasteiger partial charge < -0.3 is 19.7 Å². The molecule has 1 aliphatic heterocycles. The van der Waals surface area contributed by atoms with Gasteiger partial charge in [-0.3, -0.25) is 0 Å². The van der Waals surface area contributed by atoms with Crippen LogP contribution in [-0.4, -0.2) is 39.8 Å². The second-order valence-electron chi connectivity index (χ2n) is 6.76. The third kappa shape index (κ3) is 2.73. The number of hydrogen-bond acceptors (Lipinski definition) is 3. The van der Waals surface area contributed by atoms with Crippen molar-refractivity contribution in [1.29, 1.82) is 0 Å². The van der Waals surface area contributed by atoms with Gasteiger partial charge in [-0.05, 0) is 32.9 Å². The van der Waals surface area contributed by atoms with Gasteiger partial charge in [0.1, 0.15) is 11.2 Å². The summed E-state index contributed by atoms with van der Waals surface area (Å²) in [5, 5.41) is 11.7. The lowest BCUT2D eigenvalue weighted by Gasteiger charge is -2.46. The number of rotatable bonds is 1. The molecule has 0 atom stereocenters. The Hall–Kier alpha value is -1.53. The Morgan fingerprint density at radius 3 is 2.73 bits per heavy atom. The Balaban J connectivity index is 1.78. The fourth-order valence-corrected chi connectivity index (χ4v) is 3.06. The Bertz CT molecular complexity index is 727. The minimum Gasteiger partial charge on any atom is -0.444 e. The van der Waals surface area contributed by atoms with Crippen LogP contribution in [0.5, 0.6) is 0 Å². The molecule has 0 spiro atoms. The molecular formula is C16H19BrN2O3. The van der Waals surface area contributed by atoms with Gasteiger partial charge in [-0.1, -0.05) is 22.0 Å². The second-order valence-corrected chi connectivity index (χ2v) is 7.68. The summed E-state index contributed by atoms with van der Waals surface area (Å²) in [6.45, 7) is 5.97. The van der Waals surface area contributed by atoms with Gasteiger partial charge in [0.2, 0.25) is 0 Å². The zero-order valence-corrected chi connectivity index (χ0v) is 14.4. The summed E-state index contributed by atoms with van der Waals surface area (Å²) in [5.74, 6) is 0. The number of carbonyl (C=O) groups is 1. The topological polar surface area (TPSA) is 65.6 Å². The first-order valence-corrected chi connectivity index (χ1v) is 7.95. The van der Waals surface area contributed by atoms with Crippen molar-refractivity contribution in [3.63, 3.8) is 0 Å². The summed E-state index contributed by atoms with van der Waals surface area (Å²) in [5.41, 5.74) is 0.212. The van der Waals surface area contributed by atoms with Gasteiger partial charge in [0.25, 0.3) is 0 Å². The summed E-state index contributed by atoms with van der Waals surface area (Å²) in [6.07, 6.45) is 1.42. The van der Waals surface area contributed by atoms with E-state index in [1.807, 2.05) is 45.2 Å². The molecule has 2 aromatic rings. The van der Waals surface area contributed by atoms with Crippen LogP contribution in [-0.2, 0) is 10.3 Å². The highest BCUT2D eigenvalue weighted by Gasteiger charge is 2.47. The predicted molar refractivity (Wildman–Crippen MR) is 87.7 cm³/mol. The van der Waals surface area contributed by atoms with Crippen molar-refractivity contribution < 1.29 is 14.6 Å². The summed E-state index contributed by atoms with van der Waals surface area (Å²) in [7, 11) is 0. The van der Waals surface area contributed by atoms with Crippen LogP contribution in [0.4, 0.5) is 4.79 Å². The highest BCUT2D eigenvalue weighted by Crippen LogP contribution is 2.37. The van der Waals surface area contributed by atoms with Gasteiger partial charge in [0, 0.05) is 27.1 Å². The zero-order valence-electron chi connectivity index (χ0n) is 12.8. The molecule has 6 heteroatoms. The van der Waals surface area contributed by atoms with E-state index in [1.165, 1.54) is 4.90 Å². The number of aromatic amines is 1. The first-order chi connectivity index (χ1) is 10.2. The zero-order chi connectivity index (χ0) is 16.1. The summed E-state index contributed by atoms with van der Waals surface area (Å²) >= 11 is 3.43. The smallest absolute Gasteiger partial charge is 0.410 e.